The molecule has 4 aromatic rings. The average molecular weight is 547 g/mol. The van der Waals surface area contributed by atoms with Gasteiger partial charge in [-0.3, -0.25) is 4.90 Å². The van der Waals surface area contributed by atoms with Crippen molar-refractivity contribution >= 4 is 28.8 Å². The van der Waals surface area contributed by atoms with E-state index in [1.807, 2.05) is 31.2 Å². The Morgan fingerprint density at radius 2 is 1.77 bits per heavy atom. The van der Waals surface area contributed by atoms with Crippen molar-refractivity contribution < 1.29 is 18.3 Å². The van der Waals surface area contributed by atoms with E-state index in [0.29, 0.717) is 16.8 Å². The van der Waals surface area contributed by atoms with Crippen LogP contribution in [0.2, 0.25) is 0 Å². The van der Waals surface area contributed by atoms with Gasteiger partial charge in [0.05, 0.1) is 31.1 Å². The molecule has 0 unspecified atom stereocenters. The van der Waals surface area contributed by atoms with Gasteiger partial charge in [-0.25, -0.2) is 28.2 Å². The molecule has 0 aliphatic rings. The first-order valence-corrected chi connectivity index (χ1v) is 12.1. The molecule has 0 atom stereocenters. The topological polar surface area (TPSA) is 151 Å². The van der Waals surface area contributed by atoms with Gasteiger partial charge in [-0.2, -0.15) is 5.10 Å². The number of fused-ring (bicyclic) bond motifs is 1. The number of benzene rings is 2. The van der Waals surface area contributed by atoms with E-state index in [2.05, 4.69) is 21.7 Å². The molecule has 0 aliphatic carbocycles. The van der Waals surface area contributed by atoms with Crippen LogP contribution in [0.1, 0.15) is 22.4 Å². The normalized spacial score (nSPS) is 11.3. The van der Waals surface area contributed by atoms with E-state index in [1.165, 1.54) is 23.9 Å². The fourth-order valence-corrected chi connectivity index (χ4v) is 4.16. The van der Waals surface area contributed by atoms with Gasteiger partial charge in [-0.15, -0.1) is 0 Å². The molecule has 2 heterocycles. The zero-order valence-corrected chi connectivity index (χ0v) is 21.9. The number of rotatable bonds is 8. The van der Waals surface area contributed by atoms with E-state index >= 15 is 0 Å². The number of carbonyl (C=O) groups is 1. The van der Waals surface area contributed by atoms with Gasteiger partial charge in [0, 0.05) is 12.5 Å². The number of nitrogens with zero attached hydrogens (tertiary/aromatic N) is 5. The Labute approximate surface area is 229 Å². The van der Waals surface area contributed by atoms with Crippen molar-refractivity contribution in [1.29, 1.82) is 0 Å². The number of carbonyl (C=O) groups excluding carboxylic acids is 1. The molecule has 0 bridgehead atoms. The van der Waals surface area contributed by atoms with Crippen LogP contribution in [0.25, 0.3) is 16.9 Å². The molecular formula is C28H28F2N8O2. The first kappa shape index (κ1) is 27.8. The highest BCUT2D eigenvalue weighted by molar-refractivity contribution is 6.01. The van der Waals surface area contributed by atoms with E-state index in [1.54, 1.807) is 18.2 Å². The first-order valence-electron chi connectivity index (χ1n) is 12.1. The molecule has 0 saturated heterocycles. The van der Waals surface area contributed by atoms with Crippen LogP contribution in [0, 0.1) is 18.6 Å². The number of halogens is 2. The molecule has 40 heavy (non-hydrogen) atoms. The molecule has 1 amide bonds. The maximum atomic E-state index is 14.4. The Kier molecular flexibility index (Phi) is 8.08. The van der Waals surface area contributed by atoms with Gasteiger partial charge in [-0.1, -0.05) is 49.0 Å². The molecule has 10 nitrogen and oxygen atoms in total. The number of aliphatic imine (C=N–C) groups is 1. The molecule has 4 rings (SSSR count). The summed E-state index contributed by atoms with van der Waals surface area (Å²) in [7, 11) is 1.21. The minimum Gasteiger partial charge on any atom is -0.452 e. The predicted octanol–water partition coefficient (Wildman–Crippen LogP) is 3.75. The smallest absolute Gasteiger partial charge is 0.414 e. The molecule has 2 aromatic carbocycles. The lowest BCUT2D eigenvalue weighted by molar-refractivity contribution is 0.135. The average Bonchev–Trinajstić information content (AvgIpc) is 3.27. The van der Waals surface area contributed by atoms with Crippen molar-refractivity contribution in [2.24, 2.45) is 22.2 Å². The van der Waals surface area contributed by atoms with Crippen LogP contribution in [0.5, 0.6) is 0 Å². The van der Waals surface area contributed by atoms with E-state index in [9.17, 15) is 13.6 Å². The number of amidine groups is 1. The highest BCUT2D eigenvalue weighted by Gasteiger charge is 2.26. The van der Waals surface area contributed by atoms with Gasteiger partial charge in [-0.05, 0) is 29.7 Å². The number of hydrogen-bond acceptors (Lipinski definition) is 7. The van der Waals surface area contributed by atoms with Gasteiger partial charge in [0.2, 0.25) is 0 Å². The molecule has 0 fully saturated rings. The minimum absolute atomic E-state index is 0.0297. The maximum Gasteiger partial charge on any atom is 0.414 e. The molecule has 0 radical (unpaired) electrons. The molecule has 206 valence electrons. The number of nitrogens with two attached hydrogens (primary N) is 3. The second-order valence-electron chi connectivity index (χ2n) is 8.85. The van der Waals surface area contributed by atoms with Gasteiger partial charge in [0.15, 0.2) is 5.84 Å². The van der Waals surface area contributed by atoms with Crippen LogP contribution in [0.3, 0.4) is 0 Å². The second-order valence-corrected chi connectivity index (χ2v) is 8.85. The zero-order valence-electron chi connectivity index (χ0n) is 21.9. The summed E-state index contributed by atoms with van der Waals surface area (Å²) in [5.41, 5.74) is 21.1. The molecule has 12 heteroatoms. The highest BCUT2D eigenvalue weighted by atomic mass is 19.1. The SMILES string of the molecule is C=C(N=C(N)C(=C(N)N)N(Cc1ccccc1C)C(=O)OC)n1nc(Cc2ccccc2F)c2ncc(F)cc21. The Morgan fingerprint density at radius 1 is 1.10 bits per heavy atom. The van der Waals surface area contributed by atoms with Gasteiger partial charge in [0.25, 0.3) is 0 Å². The predicted molar refractivity (Wildman–Crippen MR) is 148 cm³/mol. The summed E-state index contributed by atoms with van der Waals surface area (Å²) in [5.74, 6) is -1.68. The number of ether oxygens (including phenoxy) is 1. The summed E-state index contributed by atoms with van der Waals surface area (Å²) in [4.78, 5) is 22.4. The van der Waals surface area contributed by atoms with Crippen LogP contribution in [-0.2, 0) is 17.7 Å². The van der Waals surface area contributed by atoms with Crippen LogP contribution in [-0.4, -0.2) is 38.7 Å². The van der Waals surface area contributed by atoms with E-state index in [-0.39, 0.29) is 41.7 Å². The Morgan fingerprint density at radius 3 is 2.42 bits per heavy atom. The Balaban J connectivity index is 1.75. The number of aromatic nitrogens is 3. The molecule has 2 aromatic heterocycles. The standard InChI is InChI=1S/C28H28F2N8O2/c1-16-8-4-5-10-19(16)15-37(28(39)40-3)25(26(31)32)27(33)35-17(2)38-23-13-20(29)14-34-24(23)22(36-38)12-18-9-6-7-11-21(18)30/h4-11,13-14H,2,12,15,31-32H2,1,3H3,(H2,33,35). The van der Waals surface area contributed by atoms with Crippen LogP contribution < -0.4 is 17.2 Å². The fourth-order valence-electron chi connectivity index (χ4n) is 4.16. The third-order valence-corrected chi connectivity index (χ3v) is 6.14. The largest absolute Gasteiger partial charge is 0.452 e. The van der Waals surface area contributed by atoms with Gasteiger partial charge < -0.3 is 21.9 Å². The Hall–Kier alpha value is -5.26. The molecule has 0 saturated carbocycles. The highest BCUT2D eigenvalue weighted by Crippen LogP contribution is 2.24. The third-order valence-electron chi connectivity index (χ3n) is 6.14. The number of aryl methyl sites for hydroxylation is 1. The Bertz CT molecular complexity index is 1660. The van der Waals surface area contributed by atoms with E-state index in [4.69, 9.17) is 21.9 Å². The van der Waals surface area contributed by atoms with Crippen molar-refractivity contribution in [2.75, 3.05) is 7.11 Å². The van der Waals surface area contributed by atoms with Crippen molar-refractivity contribution in [2.45, 2.75) is 19.9 Å². The third kappa shape index (κ3) is 5.75. The van der Waals surface area contributed by atoms with Crippen molar-refractivity contribution in [3.05, 3.63) is 113 Å². The number of pyridine rings is 1. The molecular weight excluding hydrogens is 518 g/mol. The molecule has 6 N–H and O–H groups in total. The van der Waals surface area contributed by atoms with E-state index in [0.717, 1.165) is 22.2 Å². The summed E-state index contributed by atoms with van der Waals surface area (Å²) < 4.78 is 34.7. The van der Waals surface area contributed by atoms with Gasteiger partial charge in [0.1, 0.15) is 34.5 Å². The summed E-state index contributed by atoms with van der Waals surface area (Å²) in [5, 5.41) is 4.47. The van der Waals surface area contributed by atoms with Crippen LogP contribution in [0.4, 0.5) is 13.6 Å². The number of amides is 1. The molecule has 0 spiro atoms. The fraction of sp³-hybridized carbons (Fsp3) is 0.143. The van der Waals surface area contributed by atoms with Crippen molar-refractivity contribution in [3.8, 4) is 0 Å². The summed E-state index contributed by atoms with van der Waals surface area (Å²) >= 11 is 0. The quantitative estimate of drug-likeness (QED) is 0.225. The zero-order chi connectivity index (χ0) is 29.0. The van der Waals surface area contributed by atoms with Crippen molar-refractivity contribution in [3.63, 3.8) is 0 Å². The van der Waals surface area contributed by atoms with Crippen LogP contribution in [0.15, 0.2) is 83.9 Å². The lowest BCUT2D eigenvalue weighted by atomic mass is 10.1. The minimum atomic E-state index is -0.779. The summed E-state index contributed by atoms with van der Waals surface area (Å²) in [6.07, 6.45) is 0.336. The summed E-state index contributed by atoms with van der Waals surface area (Å²) in [6.45, 7) is 5.83. The lowest BCUT2D eigenvalue weighted by Crippen LogP contribution is -2.40. The van der Waals surface area contributed by atoms with E-state index < -0.39 is 17.7 Å². The van der Waals surface area contributed by atoms with Crippen LogP contribution >= 0.6 is 0 Å². The lowest BCUT2D eigenvalue weighted by Gasteiger charge is -2.25. The molecule has 0 aliphatic heterocycles. The first-order chi connectivity index (χ1) is 19.1. The monoisotopic (exact) mass is 546 g/mol. The summed E-state index contributed by atoms with van der Waals surface area (Å²) in [6, 6.07) is 14.8. The van der Waals surface area contributed by atoms with Crippen molar-refractivity contribution in [1.82, 2.24) is 19.7 Å². The number of methoxy groups -OCH3 is 1. The van der Waals surface area contributed by atoms with Gasteiger partial charge >= 0.3 is 6.09 Å². The second kappa shape index (κ2) is 11.6. The maximum absolute atomic E-state index is 14.4. The number of hydrogen-bond donors (Lipinski definition) is 3.